The molecule has 4 atom stereocenters. The molecule has 0 aromatic carbocycles. The van der Waals surface area contributed by atoms with Crippen LogP contribution in [0.1, 0.15) is 60.8 Å². The Morgan fingerprint density at radius 3 is 2.53 bits per heavy atom. The van der Waals surface area contributed by atoms with Crippen molar-refractivity contribution in [3.63, 3.8) is 0 Å². The van der Waals surface area contributed by atoms with Crippen molar-refractivity contribution in [2.24, 2.45) is 16.7 Å². The first-order valence-corrected chi connectivity index (χ1v) is 10.6. The van der Waals surface area contributed by atoms with E-state index in [4.69, 9.17) is 9.47 Å². The SMILES string of the molecule is CC1=C2CC(=O)OC(C)(C)C2=CCC2(C)C3=C(COC3=O)C(C)(C(=O)C(C)O)CC12. The molecule has 4 rings (SSSR count). The van der Waals surface area contributed by atoms with E-state index in [1.165, 1.54) is 6.92 Å². The average molecular weight is 414 g/mol. The fourth-order valence-electron chi connectivity index (χ4n) is 6.16. The van der Waals surface area contributed by atoms with Gasteiger partial charge in [0.25, 0.3) is 0 Å². The van der Waals surface area contributed by atoms with Gasteiger partial charge in [0.1, 0.15) is 18.3 Å². The van der Waals surface area contributed by atoms with Crippen LogP contribution in [-0.2, 0) is 23.9 Å². The number of aliphatic hydroxyl groups is 1. The lowest BCUT2D eigenvalue weighted by molar-refractivity contribution is -0.154. The molecule has 30 heavy (non-hydrogen) atoms. The summed E-state index contributed by atoms with van der Waals surface area (Å²) in [5.41, 5.74) is 1.92. The lowest BCUT2D eigenvalue weighted by Gasteiger charge is -2.48. The van der Waals surface area contributed by atoms with E-state index < -0.39 is 22.5 Å². The molecule has 2 aliphatic heterocycles. The highest BCUT2D eigenvalue weighted by Crippen LogP contribution is 2.61. The molecule has 6 nitrogen and oxygen atoms in total. The Balaban J connectivity index is 1.96. The Kier molecular flexibility index (Phi) is 4.48. The van der Waals surface area contributed by atoms with Gasteiger partial charge in [0.05, 0.1) is 11.8 Å². The van der Waals surface area contributed by atoms with Gasteiger partial charge < -0.3 is 14.6 Å². The number of ketones is 1. The van der Waals surface area contributed by atoms with Crippen LogP contribution in [0.3, 0.4) is 0 Å². The number of fused-ring (bicyclic) bond motifs is 3. The molecular formula is C24H30O6. The van der Waals surface area contributed by atoms with E-state index in [-0.39, 0.29) is 36.7 Å². The van der Waals surface area contributed by atoms with Gasteiger partial charge in [-0.2, -0.15) is 0 Å². The van der Waals surface area contributed by atoms with Crippen LogP contribution in [0.15, 0.2) is 33.9 Å². The third-order valence-corrected chi connectivity index (χ3v) is 7.79. The van der Waals surface area contributed by atoms with E-state index >= 15 is 0 Å². The quantitative estimate of drug-likeness (QED) is 0.698. The van der Waals surface area contributed by atoms with Crippen molar-refractivity contribution in [3.05, 3.63) is 33.9 Å². The molecule has 0 saturated carbocycles. The second-order valence-electron chi connectivity index (χ2n) is 10.1. The maximum atomic E-state index is 13.1. The Hall–Kier alpha value is -2.21. The molecule has 0 bridgehead atoms. The summed E-state index contributed by atoms with van der Waals surface area (Å²) < 4.78 is 11.0. The monoisotopic (exact) mass is 414 g/mol. The van der Waals surface area contributed by atoms with Crippen molar-refractivity contribution < 1.29 is 29.0 Å². The molecule has 4 unspecified atom stereocenters. The molecule has 0 spiro atoms. The van der Waals surface area contributed by atoms with Crippen molar-refractivity contribution in [2.45, 2.75) is 72.5 Å². The van der Waals surface area contributed by atoms with Gasteiger partial charge in [-0.15, -0.1) is 0 Å². The Bertz CT molecular complexity index is 962. The number of carbonyl (C=O) groups is 3. The summed E-state index contributed by atoms with van der Waals surface area (Å²) in [4.78, 5) is 38.4. The van der Waals surface area contributed by atoms with E-state index in [9.17, 15) is 19.5 Å². The molecule has 6 heteroatoms. The van der Waals surface area contributed by atoms with Crippen LogP contribution in [0.25, 0.3) is 0 Å². The highest BCUT2D eigenvalue weighted by molar-refractivity contribution is 5.99. The number of hydrogen-bond acceptors (Lipinski definition) is 6. The largest absolute Gasteiger partial charge is 0.458 e. The van der Waals surface area contributed by atoms with Crippen LogP contribution in [0, 0.1) is 16.7 Å². The van der Waals surface area contributed by atoms with E-state index in [0.29, 0.717) is 24.0 Å². The van der Waals surface area contributed by atoms with Crippen LogP contribution < -0.4 is 0 Å². The van der Waals surface area contributed by atoms with Gasteiger partial charge in [-0.3, -0.25) is 9.59 Å². The summed E-state index contributed by atoms with van der Waals surface area (Å²) in [7, 11) is 0. The summed E-state index contributed by atoms with van der Waals surface area (Å²) in [5, 5.41) is 10.1. The molecule has 2 heterocycles. The molecule has 1 saturated heterocycles. The van der Waals surface area contributed by atoms with Gasteiger partial charge in [-0.1, -0.05) is 18.6 Å². The first-order valence-electron chi connectivity index (χ1n) is 10.6. The maximum absolute atomic E-state index is 13.1. The normalized spacial score (nSPS) is 36.1. The molecule has 1 N–H and O–H groups in total. The molecule has 0 aromatic heterocycles. The van der Waals surface area contributed by atoms with Crippen LogP contribution in [0.5, 0.6) is 0 Å². The highest BCUT2D eigenvalue weighted by Gasteiger charge is 2.59. The smallest absolute Gasteiger partial charge is 0.335 e. The van der Waals surface area contributed by atoms with Gasteiger partial charge in [-0.25, -0.2) is 4.79 Å². The van der Waals surface area contributed by atoms with Crippen LogP contribution in [0.4, 0.5) is 0 Å². The first-order chi connectivity index (χ1) is 13.8. The summed E-state index contributed by atoms with van der Waals surface area (Å²) in [6.45, 7) is 11.2. The van der Waals surface area contributed by atoms with Crippen molar-refractivity contribution in [3.8, 4) is 0 Å². The molecule has 0 amide bonds. The third-order valence-electron chi connectivity index (χ3n) is 7.79. The molecule has 2 aliphatic carbocycles. The number of ether oxygens (including phenoxy) is 2. The highest BCUT2D eigenvalue weighted by atomic mass is 16.6. The second kappa shape index (κ2) is 6.39. The predicted octanol–water partition coefficient (Wildman–Crippen LogP) is 3.19. The molecule has 0 aromatic rings. The molecule has 0 radical (unpaired) electrons. The van der Waals surface area contributed by atoms with Gasteiger partial charge in [-0.05, 0) is 70.1 Å². The number of cyclic esters (lactones) is 2. The Labute approximate surface area is 177 Å². The van der Waals surface area contributed by atoms with Crippen molar-refractivity contribution >= 4 is 17.7 Å². The third kappa shape index (κ3) is 2.69. The van der Waals surface area contributed by atoms with Crippen LogP contribution in [0.2, 0.25) is 0 Å². The molecule has 1 fully saturated rings. The standard InChI is InChI=1S/C24H30O6/c1-12-14-9-18(26)30-22(3,4)15(14)7-8-23(5)16(12)10-24(6,20(27)13(2)25)17-11-29-21(28)19(17)23/h7,13,16,25H,8-11H2,1-6H3. The minimum absolute atomic E-state index is 0.0880. The summed E-state index contributed by atoms with van der Waals surface area (Å²) in [6, 6.07) is 0. The van der Waals surface area contributed by atoms with Gasteiger partial charge >= 0.3 is 11.9 Å². The topological polar surface area (TPSA) is 89.9 Å². The number of hydrogen-bond donors (Lipinski definition) is 1. The molecular weight excluding hydrogens is 384 g/mol. The summed E-state index contributed by atoms with van der Waals surface area (Å²) in [6.07, 6.45) is 2.20. The fraction of sp³-hybridized carbons (Fsp3) is 0.625. The van der Waals surface area contributed by atoms with Crippen molar-refractivity contribution in [1.82, 2.24) is 0 Å². The Morgan fingerprint density at radius 1 is 1.23 bits per heavy atom. The van der Waals surface area contributed by atoms with Crippen LogP contribution >= 0.6 is 0 Å². The number of Topliss-reactive ketones (excluding diaryl/α,β-unsaturated/α-hetero) is 1. The van der Waals surface area contributed by atoms with E-state index in [0.717, 1.165) is 16.7 Å². The number of rotatable bonds is 2. The zero-order valence-corrected chi connectivity index (χ0v) is 18.5. The van der Waals surface area contributed by atoms with Gasteiger partial charge in [0.2, 0.25) is 0 Å². The predicted molar refractivity (Wildman–Crippen MR) is 109 cm³/mol. The number of allylic oxidation sites excluding steroid dienone is 2. The van der Waals surface area contributed by atoms with E-state index in [2.05, 4.69) is 13.0 Å². The fourth-order valence-corrected chi connectivity index (χ4v) is 6.16. The lowest BCUT2D eigenvalue weighted by Crippen LogP contribution is -2.48. The Morgan fingerprint density at radius 2 is 1.90 bits per heavy atom. The van der Waals surface area contributed by atoms with Crippen molar-refractivity contribution in [1.29, 1.82) is 0 Å². The minimum Gasteiger partial charge on any atom is -0.458 e. The van der Waals surface area contributed by atoms with Gasteiger partial charge in [0, 0.05) is 11.0 Å². The zero-order chi connectivity index (χ0) is 22.2. The van der Waals surface area contributed by atoms with Gasteiger partial charge in [0.15, 0.2) is 5.78 Å². The first kappa shape index (κ1) is 21.0. The molecule has 4 aliphatic rings. The maximum Gasteiger partial charge on any atom is 0.335 e. The number of carbonyl (C=O) groups excluding carboxylic acids is 3. The average Bonchev–Trinajstić information content (AvgIpc) is 3.00. The lowest BCUT2D eigenvalue weighted by atomic mass is 9.53. The molecule has 162 valence electrons. The van der Waals surface area contributed by atoms with Crippen molar-refractivity contribution in [2.75, 3.05) is 6.61 Å². The van der Waals surface area contributed by atoms with Crippen LogP contribution in [-0.4, -0.2) is 41.1 Å². The number of esters is 2. The second-order valence-corrected chi connectivity index (χ2v) is 10.1. The zero-order valence-electron chi connectivity index (χ0n) is 18.5. The summed E-state index contributed by atoms with van der Waals surface area (Å²) in [5.74, 6) is -1.09. The van der Waals surface area contributed by atoms with E-state index in [1.807, 2.05) is 27.7 Å². The number of aliphatic hydroxyl groups excluding tert-OH is 1. The summed E-state index contributed by atoms with van der Waals surface area (Å²) >= 11 is 0. The minimum atomic E-state index is -1.14. The van der Waals surface area contributed by atoms with E-state index in [1.54, 1.807) is 0 Å².